The monoisotopic (exact) mass is 311 g/mol. The van der Waals surface area contributed by atoms with Crippen LogP contribution in [0.2, 0.25) is 0 Å². The standard InChI is InChI=1S/C15H25N3O2S/c1-3-16-12-13(2)21(19,20)17-14-6-8-15(9-7-14)18-10-4-5-11-18/h6-9,13,16-17H,3-5,10-12H2,1-2H3. The summed E-state index contributed by atoms with van der Waals surface area (Å²) < 4.78 is 27.0. The molecule has 0 bridgehead atoms. The summed E-state index contributed by atoms with van der Waals surface area (Å²) in [6.07, 6.45) is 2.46. The zero-order chi connectivity index (χ0) is 15.3. The van der Waals surface area contributed by atoms with Crippen molar-refractivity contribution in [1.82, 2.24) is 5.32 Å². The van der Waals surface area contributed by atoms with Crippen molar-refractivity contribution in [2.45, 2.75) is 31.9 Å². The van der Waals surface area contributed by atoms with E-state index in [0.29, 0.717) is 12.2 Å². The highest BCUT2D eigenvalue weighted by molar-refractivity contribution is 7.93. The van der Waals surface area contributed by atoms with Crippen molar-refractivity contribution in [3.63, 3.8) is 0 Å². The highest BCUT2D eigenvalue weighted by atomic mass is 32.2. The lowest BCUT2D eigenvalue weighted by atomic mass is 10.2. The molecule has 5 nitrogen and oxygen atoms in total. The van der Waals surface area contributed by atoms with Gasteiger partial charge < -0.3 is 10.2 Å². The Morgan fingerprint density at radius 3 is 2.38 bits per heavy atom. The van der Waals surface area contributed by atoms with Gasteiger partial charge in [-0.2, -0.15) is 0 Å². The molecule has 1 saturated heterocycles. The number of nitrogens with one attached hydrogen (secondary N) is 2. The van der Waals surface area contributed by atoms with Crippen molar-refractivity contribution in [2.24, 2.45) is 0 Å². The summed E-state index contributed by atoms with van der Waals surface area (Å²) in [5.74, 6) is 0. The van der Waals surface area contributed by atoms with E-state index >= 15 is 0 Å². The maximum Gasteiger partial charge on any atom is 0.236 e. The van der Waals surface area contributed by atoms with Gasteiger partial charge in [-0.1, -0.05) is 6.92 Å². The fraction of sp³-hybridized carbons (Fsp3) is 0.600. The van der Waals surface area contributed by atoms with E-state index in [1.54, 1.807) is 6.92 Å². The molecule has 118 valence electrons. The lowest BCUT2D eigenvalue weighted by Crippen LogP contribution is -2.34. The van der Waals surface area contributed by atoms with Gasteiger partial charge >= 0.3 is 0 Å². The molecular formula is C15H25N3O2S. The minimum absolute atomic E-state index is 0.456. The summed E-state index contributed by atoms with van der Waals surface area (Å²) >= 11 is 0. The van der Waals surface area contributed by atoms with Gasteiger partial charge in [-0.3, -0.25) is 4.72 Å². The molecular weight excluding hydrogens is 286 g/mol. The van der Waals surface area contributed by atoms with Crippen LogP contribution < -0.4 is 14.9 Å². The molecule has 0 aliphatic carbocycles. The summed E-state index contributed by atoms with van der Waals surface area (Å²) in [5.41, 5.74) is 1.79. The summed E-state index contributed by atoms with van der Waals surface area (Å²) in [6, 6.07) is 7.65. The van der Waals surface area contributed by atoms with Crippen LogP contribution in [0, 0.1) is 0 Å². The Hall–Kier alpha value is -1.27. The summed E-state index contributed by atoms with van der Waals surface area (Å²) in [7, 11) is -3.34. The first-order chi connectivity index (χ1) is 10.0. The molecule has 2 N–H and O–H groups in total. The molecule has 1 aliphatic heterocycles. The van der Waals surface area contributed by atoms with Crippen LogP contribution in [-0.4, -0.2) is 39.8 Å². The van der Waals surface area contributed by atoms with Gasteiger partial charge in [-0.15, -0.1) is 0 Å². The Bertz CT molecular complexity index is 537. The van der Waals surface area contributed by atoms with E-state index in [2.05, 4.69) is 14.9 Å². The first kappa shape index (κ1) is 16.1. The number of hydrogen-bond acceptors (Lipinski definition) is 4. The molecule has 0 aromatic heterocycles. The topological polar surface area (TPSA) is 61.4 Å². The summed E-state index contributed by atoms with van der Waals surface area (Å²) in [6.45, 7) is 7.07. The third kappa shape index (κ3) is 4.35. The number of rotatable bonds is 7. The van der Waals surface area contributed by atoms with Gasteiger partial charge in [0, 0.05) is 31.0 Å². The number of benzene rings is 1. The van der Waals surface area contributed by atoms with E-state index in [9.17, 15) is 8.42 Å². The van der Waals surface area contributed by atoms with E-state index in [0.717, 1.165) is 25.3 Å². The third-order valence-corrected chi connectivity index (χ3v) is 5.56. The third-order valence-electron chi connectivity index (χ3n) is 3.81. The van der Waals surface area contributed by atoms with Crippen LogP contribution in [0.1, 0.15) is 26.7 Å². The highest BCUT2D eigenvalue weighted by Gasteiger charge is 2.20. The maximum atomic E-state index is 12.2. The molecule has 21 heavy (non-hydrogen) atoms. The first-order valence-corrected chi connectivity index (χ1v) is 9.15. The predicted molar refractivity (Wildman–Crippen MR) is 88.4 cm³/mol. The van der Waals surface area contributed by atoms with Crippen LogP contribution in [-0.2, 0) is 10.0 Å². The Morgan fingerprint density at radius 1 is 1.19 bits per heavy atom. The van der Waals surface area contributed by atoms with Gasteiger partial charge in [0.1, 0.15) is 0 Å². The van der Waals surface area contributed by atoms with E-state index < -0.39 is 15.3 Å². The fourth-order valence-corrected chi connectivity index (χ4v) is 3.44. The summed E-state index contributed by atoms with van der Waals surface area (Å²) in [4.78, 5) is 2.33. The van der Waals surface area contributed by atoms with E-state index in [1.165, 1.54) is 12.8 Å². The van der Waals surface area contributed by atoms with Crippen molar-refractivity contribution in [2.75, 3.05) is 35.8 Å². The van der Waals surface area contributed by atoms with Crippen LogP contribution >= 0.6 is 0 Å². The smallest absolute Gasteiger partial charge is 0.236 e. The Labute approximate surface area is 127 Å². The van der Waals surface area contributed by atoms with Crippen molar-refractivity contribution >= 4 is 21.4 Å². The Balaban J connectivity index is 1.98. The van der Waals surface area contributed by atoms with E-state index in [4.69, 9.17) is 0 Å². The zero-order valence-corrected chi connectivity index (χ0v) is 13.6. The minimum Gasteiger partial charge on any atom is -0.372 e. The fourth-order valence-electron chi connectivity index (χ4n) is 2.44. The van der Waals surface area contributed by atoms with E-state index in [-0.39, 0.29) is 0 Å². The summed E-state index contributed by atoms with van der Waals surface area (Å²) in [5, 5.41) is 2.60. The minimum atomic E-state index is -3.34. The molecule has 1 unspecified atom stereocenters. The van der Waals surface area contributed by atoms with Crippen molar-refractivity contribution in [1.29, 1.82) is 0 Å². The van der Waals surface area contributed by atoms with Gasteiger partial charge in [-0.05, 0) is 50.6 Å². The van der Waals surface area contributed by atoms with Crippen LogP contribution in [0.5, 0.6) is 0 Å². The Kier molecular flexibility index (Phi) is 5.47. The van der Waals surface area contributed by atoms with Gasteiger partial charge in [0.15, 0.2) is 0 Å². The lowest BCUT2D eigenvalue weighted by molar-refractivity contribution is 0.579. The van der Waals surface area contributed by atoms with Gasteiger partial charge in [-0.25, -0.2) is 8.42 Å². The second kappa shape index (κ2) is 7.13. The molecule has 1 atom stereocenters. The second-order valence-corrected chi connectivity index (χ2v) is 7.61. The quantitative estimate of drug-likeness (QED) is 0.809. The number of nitrogens with zero attached hydrogens (tertiary/aromatic N) is 1. The normalized spacial score (nSPS) is 17.0. The second-order valence-electron chi connectivity index (χ2n) is 5.51. The number of sulfonamides is 1. The molecule has 0 amide bonds. The number of anilines is 2. The SMILES string of the molecule is CCNCC(C)S(=O)(=O)Nc1ccc(N2CCCC2)cc1. The molecule has 0 spiro atoms. The lowest BCUT2D eigenvalue weighted by Gasteiger charge is -2.19. The van der Waals surface area contributed by atoms with Gasteiger partial charge in [0.2, 0.25) is 10.0 Å². The molecule has 2 rings (SSSR count). The average molecular weight is 311 g/mol. The molecule has 1 heterocycles. The van der Waals surface area contributed by atoms with Crippen LogP contribution in [0.4, 0.5) is 11.4 Å². The van der Waals surface area contributed by atoms with E-state index in [1.807, 2.05) is 31.2 Å². The molecule has 1 aliphatic rings. The Morgan fingerprint density at radius 2 is 1.81 bits per heavy atom. The van der Waals surface area contributed by atoms with Crippen LogP contribution in [0.15, 0.2) is 24.3 Å². The first-order valence-electron chi connectivity index (χ1n) is 7.60. The number of hydrogen-bond donors (Lipinski definition) is 2. The predicted octanol–water partition coefficient (Wildman–Crippen LogP) is 2.03. The van der Waals surface area contributed by atoms with Gasteiger partial charge in [0.25, 0.3) is 0 Å². The molecule has 1 aromatic carbocycles. The maximum absolute atomic E-state index is 12.2. The molecule has 1 fully saturated rings. The average Bonchev–Trinajstić information content (AvgIpc) is 2.99. The van der Waals surface area contributed by atoms with Crippen LogP contribution in [0.3, 0.4) is 0 Å². The molecule has 6 heteroatoms. The zero-order valence-electron chi connectivity index (χ0n) is 12.8. The van der Waals surface area contributed by atoms with Crippen LogP contribution in [0.25, 0.3) is 0 Å². The molecule has 0 saturated carbocycles. The largest absolute Gasteiger partial charge is 0.372 e. The van der Waals surface area contributed by atoms with Crippen molar-refractivity contribution in [3.05, 3.63) is 24.3 Å². The highest BCUT2D eigenvalue weighted by Crippen LogP contribution is 2.22. The van der Waals surface area contributed by atoms with Crippen molar-refractivity contribution in [3.8, 4) is 0 Å². The van der Waals surface area contributed by atoms with Crippen molar-refractivity contribution < 1.29 is 8.42 Å². The molecule has 1 aromatic rings. The van der Waals surface area contributed by atoms with Gasteiger partial charge in [0.05, 0.1) is 5.25 Å². The molecule has 0 radical (unpaired) electrons.